The van der Waals surface area contributed by atoms with Crippen molar-refractivity contribution >= 4 is 18.0 Å². The number of nitrogens with zero attached hydrogens (tertiary/aromatic N) is 2. The van der Waals surface area contributed by atoms with Crippen molar-refractivity contribution in [3.63, 3.8) is 0 Å². The lowest BCUT2D eigenvalue weighted by molar-refractivity contribution is -0.142. The maximum atomic E-state index is 11.5. The molecule has 0 saturated carbocycles. The van der Waals surface area contributed by atoms with Crippen molar-refractivity contribution in [2.75, 3.05) is 6.54 Å². The van der Waals surface area contributed by atoms with E-state index in [1.807, 2.05) is 0 Å². The molecule has 0 spiro atoms. The van der Waals surface area contributed by atoms with Crippen molar-refractivity contribution in [3.8, 4) is 0 Å². The first-order valence-corrected chi connectivity index (χ1v) is 5.68. The minimum atomic E-state index is -1.47. The number of carboxylic acids is 1. The number of hydrogen-bond acceptors (Lipinski definition) is 4. The van der Waals surface area contributed by atoms with E-state index in [2.05, 4.69) is 10.4 Å². The third-order valence-corrected chi connectivity index (χ3v) is 2.44. The Labute approximate surface area is 110 Å². The quantitative estimate of drug-likeness (QED) is 0.618. The number of aryl methyl sites for hydroxylation is 1. The molecule has 1 rings (SSSR count). The minimum absolute atomic E-state index is 0.131. The average Bonchev–Trinajstić information content (AvgIpc) is 2.68. The van der Waals surface area contributed by atoms with Crippen LogP contribution in [0.15, 0.2) is 18.3 Å². The Morgan fingerprint density at radius 3 is 2.79 bits per heavy atom. The van der Waals surface area contributed by atoms with E-state index < -0.39 is 23.9 Å². The van der Waals surface area contributed by atoms with Gasteiger partial charge in [-0.3, -0.25) is 14.3 Å². The topological polar surface area (TPSA) is 104 Å². The first-order valence-electron chi connectivity index (χ1n) is 5.68. The van der Waals surface area contributed by atoms with Gasteiger partial charge in [0.1, 0.15) is 0 Å². The molecule has 3 N–H and O–H groups in total. The smallest absolute Gasteiger partial charge is 0.306 e. The summed E-state index contributed by atoms with van der Waals surface area (Å²) >= 11 is 0. The molecule has 1 unspecified atom stereocenters. The monoisotopic (exact) mass is 267 g/mol. The lowest BCUT2D eigenvalue weighted by Crippen LogP contribution is -2.41. The predicted octanol–water partition coefficient (Wildman–Crippen LogP) is -0.225. The Morgan fingerprint density at radius 2 is 2.26 bits per heavy atom. The summed E-state index contributed by atoms with van der Waals surface area (Å²) in [5.74, 6) is -1.53. The Kier molecular flexibility index (Phi) is 4.82. The zero-order chi connectivity index (χ0) is 14.5. The maximum Gasteiger partial charge on any atom is 0.306 e. The largest absolute Gasteiger partial charge is 0.481 e. The third-order valence-electron chi connectivity index (χ3n) is 2.44. The summed E-state index contributed by atoms with van der Waals surface area (Å²) < 4.78 is 1.60. The fraction of sp³-hybridized carbons (Fsp3) is 0.417. The standard InChI is InChI=1S/C12H17N3O4/c1-12(19,7-11(17)18)8-13-10(16)4-3-9-5-6-14-15(9)2/h3-6,19H,7-8H2,1-2H3,(H,13,16)(H,17,18). The first kappa shape index (κ1) is 14.9. The van der Waals surface area contributed by atoms with Crippen molar-refractivity contribution in [1.29, 1.82) is 0 Å². The minimum Gasteiger partial charge on any atom is -0.481 e. The molecule has 104 valence electrons. The molecule has 19 heavy (non-hydrogen) atoms. The summed E-state index contributed by atoms with van der Waals surface area (Å²) in [7, 11) is 1.75. The van der Waals surface area contributed by atoms with Crippen LogP contribution < -0.4 is 5.32 Å². The number of hydrogen-bond donors (Lipinski definition) is 3. The SMILES string of the molecule is Cn1nccc1C=CC(=O)NCC(C)(O)CC(=O)O. The lowest BCUT2D eigenvalue weighted by atomic mass is 10.0. The van der Waals surface area contributed by atoms with Crippen LogP contribution >= 0.6 is 0 Å². The third kappa shape index (κ3) is 5.35. The molecule has 0 aromatic carbocycles. The molecule has 1 amide bonds. The molecule has 0 bridgehead atoms. The highest BCUT2D eigenvalue weighted by molar-refractivity contribution is 5.91. The molecule has 1 heterocycles. The van der Waals surface area contributed by atoms with Crippen LogP contribution in [0.4, 0.5) is 0 Å². The van der Waals surface area contributed by atoms with Crippen molar-refractivity contribution in [2.24, 2.45) is 7.05 Å². The molecule has 0 saturated heterocycles. The summed E-state index contributed by atoms with van der Waals surface area (Å²) in [6, 6.07) is 1.74. The van der Waals surface area contributed by atoms with E-state index >= 15 is 0 Å². The number of aromatic nitrogens is 2. The number of carboxylic acid groups (broad SMARTS) is 1. The number of aliphatic carboxylic acids is 1. The zero-order valence-corrected chi connectivity index (χ0v) is 10.8. The van der Waals surface area contributed by atoms with Gasteiger partial charge in [-0.2, -0.15) is 5.10 Å². The molecule has 0 aliphatic heterocycles. The van der Waals surface area contributed by atoms with Crippen molar-refractivity contribution < 1.29 is 19.8 Å². The van der Waals surface area contributed by atoms with Crippen LogP contribution in [-0.4, -0.2) is 44.0 Å². The van der Waals surface area contributed by atoms with Gasteiger partial charge in [0.25, 0.3) is 0 Å². The summed E-state index contributed by atoms with van der Waals surface area (Å²) in [5, 5.41) is 24.7. The first-order chi connectivity index (χ1) is 8.80. The van der Waals surface area contributed by atoms with Crippen LogP contribution in [0.25, 0.3) is 6.08 Å². The zero-order valence-electron chi connectivity index (χ0n) is 10.8. The van der Waals surface area contributed by atoms with Gasteiger partial charge in [0.15, 0.2) is 0 Å². The van der Waals surface area contributed by atoms with E-state index in [0.717, 1.165) is 5.69 Å². The molecule has 0 aliphatic carbocycles. The highest BCUT2D eigenvalue weighted by Gasteiger charge is 2.24. The van der Waals surface area contributed by atoms with E-state index in [1.165, 1.54) is 13.0 Å². The summed E-state index contributed by atoms with van der Waals surface area (Å²) in [6.07, 6.45) is 4.05. The summed E-state index contributed by atoms with van der Waals surface area (Å²) in [4.78, 5) is 22.0. The maximum absolute atomic E-state index is 11.5. The molecular weight excluding hydrogens is 250 g/mol. The summed E-state index contributed by atoms with van der Waals surface area (Å²) in [6.45, 7) is 1.22. The Morgan fingerprint density at radius 1 is 1.58 bits per heavy atom. The second-order valence-electron chi connectivity index (χ2n) is 4.50. The number of aliphatic hydroxyl groups is 1. The van der Waals surface area contributed by atoms with Gasteiger partial charge in [0.2, 0.25) is 5.91 Å². The van der Waals surface area contributed by atoms with E-state index in [0.29, 0.717) is 0 Å². The fourth-order valence-electron chi connectivity index (χ4n) is 1.43. The molecule has 0 aliphatic rings. The Bertz CT molecular complexity index is 491. The molecule has 1 atom stereocenters. The van der Waals surface area contributed by atoms with Crippen LogP contribution in [-0.2, 0) is 16.6 Å². The van der Waals surface area contributed by atoms with Crippen molar-refractivity contribution in [3.05, 3.63) is 24.0 Å². The van der Waals surface area contributed by atoms with Gasteiger partial charge in [-0.05, 0) is 19.1 Å². The number of rotatable bonds is 6. The molecule has 0 fully saturated rings. The van der Waals surface area contributed by atoms with Crippen molar-refractivity contribution in [1.82, 2.24) is 15.1 Å². The fourth-order valence-corrected chi connectivity index (χ4v) is 1.43. The number of carbonyl (C=O) groups excluding carboxylic acids is 1. The number of nitrogens with one attached hydrogen (secondary N) is 1. The Balaban J connectivity index is 2.46. The van der Waals surface area contributed by atoms with Gasteiger partial charge in [-0.15, -0.1) is 0 Å². The van der Waals surface area contributed by atoms with Crippen molar-refractivity contribution in [2.45, 2.75) is 18.9 Å². The average molecular weight is 267 g/mol. The van der Waals surface area contributed by atoms with Gasteiger partial charge in [0, 0.05) is 25.9 Å². The van der Waals surface area contributed by atoms with Gasteiger partial charge >= 0.3 is 5.97 Å². The predicted molar refractivity (Wildman–Crippen MR) is 68.1 cm³/mol. The normalized spacial score (nSPS) is 14.3. The highest BCUT2D eigenvalue weighted by Crippen LogP contribution is 2.07. The molecular formula is C12H17N3O4. The van der Waals surface area contributed by atoms with Crippen LogP contribution in [0.3, 0.4) is 0 Å². The van der Waals surface area contributed by atoms with E-state index in [-0.39, 0.29) is 6.54 Å². The molecule has 7 heteroatoms. The van der Waals surface area contributed by atoms with E-state index in [1.54, 1.807) is 30.1 Å². The Hall–Kier alpha value is -2.15. The van der Waals surface area contributed by atoms with Gasteiger partial charge in [0.05, 0.1) is 17.7 Å². The second-order valence-corrected chi connectivity index (χ2v) is 4.50. The van der Waals surface area contributed by atoms with Crippen LogP contribution in [0.5, 0.6) is 0 Å². The summed E-state index contributed by atoms with van der Waals surface area (Å²) in [5.41, 5.74) is -0.713. The number of carbonyl (C=O) groups is 2. The molecule has 0 radical (unpaired) electrons. The molecule has 1 aromatic rings. The lowest BCUT2D eigenvalue weighted by Gasteiger charge is -2.20. The van der Waals surface area contributed by atoms with Gasteiger partial charge in [-0.25, -0.2) is 0 Å². The van der Waals surface area contributed by atoms with Crippen LogP contribution in [0.2, 0.25) is 0 Å². The van der Waals surface area contributed by atoms with E-state index in [4.69, 9.17) is 5.11 Å². The van der Waals surface area contributed by atoms with Gasteiger partial charge in [-0.1, -0.05) is 0 Å². The molecule has 1 aromatic heterocycles. The highest BCUT2D eigenvalue weighted by atomic mass is 16.4. The van der Waals surface area contributed by atoms with Crippen LogP contribution in [0.1, 0.15) is 19.0 Å². The van der Waals surface area contributed by atoms with E-state index in [9.17, 15) is 14.7 Å². The van der Waals surface area contributed by atoms with Crippen LogP contribution in [0, 0.1) is 0 Å². The molecule has 7 nitrogen and oxygen atoms in total. The number of amides is 1. The van der Waals surface area contributed by atoms with Gasteiger partial charge < -0.3 is 15.5 Å². The second kappa shape index (κ2) is 6.14.